The van der Waals surface area contributed by atoms with Crippen LogP contribution in [0, 0.1) is 19.3 Å². The largest absolute Gasteiger partial charge is 0.446 e. The quantitative estimate of drug-likeness (QED) is 0.181. The van der Waals surface area contributed by atoms with E-state index in [2.05, 4.69) is 40.9 Å². The van der Waals surface area contributed by atoms with Crippen molar-refractivity contribution in [3.05, 3.63) is 73.5 Å². The number of rotatable bonds is 4. The van der Waals surface area contributed by atoms with E-state index in [1.807, 2.05) is 45.9 Å². The summed E-state index contributed by atoms with van der Waals surface area (Å²) in [6.07, 6.45) is 4.74. The van der Waals surface area contributed by atoms with Gasteiger partial charge in [0.2, 0.25) is 35.4 Å². The molecule has 7 rings (SSSR count). The van der Waals surface area contributed by atoms with Gasteiger partial charge in [-0.15, -0.1) is 11.3 Å². The van der Waals surface area contributed by atoms with Crippen LogP contribution in [0.25, 0.3) is 56.8 Å². The van der Waals surface area contributed by atoms with E-state index in [1.165, 1.54) is 30.1 Å². The van der Waals surface area contributed by atoms with E-state index in [0.29, 0.717) is 39.8 Å². The summed E-state index contributed by atoms with van der Waals surface area (Å²) in [5.74, 6) is -1.33. The minimum absolute atomic E-state index is 0. The van der Waals surface area contributed by atoms with Crippen molar-refractivity contribution in [3.8, 4) is 56.8 Å². The summed E-state index contributed by atoms with van der Waals surface area (Å²) in [7, 11) is 0. The molecule has 0 spiro atoms. The molecule has 17 heteroatoms. The maximum absolute atomic E-state index is 14.0. The van der Waals surface area contributed by atoms with E-state index in [4.69, 9.17) is 17.7 Å². The van der Waals surface area contributed by atoms with Crippen LogP contribution in [0.15, 0.2) is 72.2 Å². The maximum Gasteiger partial charge on any atom is 0.274 e. The molecular weight excluding hydrogens is 765 g/mol. The smallest absolute Gasteiger partial charge is 0.274 e. The van der Waals surface area contributed by atoms with E-state index < -0.39 is 29.8 Å². The van der Waals surface area contributed by atoms with E-state index in [-0.39, 0.29) is 93.5 Å². The molecule has 10 bridgehead atoms. The molecule has 6 aromatic rings. The van der Waals surface area contributed by atoms with Crippen LogP contribution in [0.2, 0.25) is 0 Å². The fourth-order valence-corrected chi connectivity index (χ4v) is 6.03. The SMILES string of the molecule is CC[C@H](C)[C@@H]1NC(=O)c2nc(oc2-c2ccccc2)-c2csc(n2)-c2coc(n2)-c2coc(n2)-c2coc(n2)CNC(=O)[C@@H](C(C)C)NC1=O.[CH3-].[Y]. The molecule has 0 unspecified atom stereocenters. The molecule has 1 aromatic carbocycles. The first-order chi connectivity index (χ1) is 24.2. The number of hydrogen-bond donors (Lipinski definition) is 3. The third-order valence-electron chi connectivity index (χ3n) is 8.26. The number of oxazole rings is 4. The number of benzene rings is 1. The summed E-state index contributed by atoms with van der Waals surface area (Å²) >= 11 is 1.28. The predicted molar refractivity (Wildman–Crippen MR) is 185 cm³/mol. The molecular formula is C35H35N8O7SY-. The number of carbonyl (C=O) groups is 3. The van der Waals surface area contributed by atoms with Crippen molar-refractivity contribution in [1.82, 2.24) is 40.9 Å². The van der Waals surface area contributed by atoms with E-state index >= 15 is 0 Å². The Morgan fingerprint density at radius 3 is 2.17 bits per heavy atom. The Morgan fingerprint density at radius 1 is 0.788 bits per heavy atom. The zero-order valence-corrected chi connectivity index (χ0v) is 32.7. The second-order valence-electron chi connectivity index (χ2n) is 12.1. The Balaban J connectivity index is 0.00000261. The van der Waals surface area contributed by atoms with Crippen LogP contribution < -0.4 is 16.0 Å². The minimum atomic E-state index is -0.997. The number of aromatic nitrogens is 5. The second kappa shape index (κ2) is 16.3. The Morgan fingerprint density at radius 2 is 1.46 bits per heavy atom. The van der Waals surface area contributed by atoms with Gasteiger partial charge in [0.1, 0.15) is 47.3 Å². The number of hydrogen-bond acceptors (Lipinski definition) is 13. The molecule has 52 heavy (non-hydrogen) atoms. The summed E-state index contributed by atoms with van der Waals surface area (Å²) in [5.41, 5.74) is 2.00. The van der Waals surface area contributed by atoms with Gasteiger partial charge in [-0.25, -0.2) is 24.9 Å². The van der Waals surface area contributed by atoms with Crippen molar-refractivity contribution in [2.75, 3.05) is 0 Å². The molecule has 0 saturated heterocycles. The van der Waals surface area contributed by atoms with Gasteiger partial charge in [-0.1, -0.05) is 64.4 Å². The molecule has 3 N–H and O–H groups in total. The second-order valence-corrected chi connectivity index (χ2v) is 12.9. The third-order valence-corrected chi connectivity index (χ3v) is 9.13. The topological polar surface area (TPSA) is 204 Å². The van der Waals surface area contributed by atoms with Crippen LogP contribution in [0.4, 0.5) is 0 Å². The van der Waals surface area contributed by atoms with E-state index in [1.54, 1.807) is 17.5 Å². The van der Waals surface area contributed by atoms with Crippen molar-refractivity contribution >= 4 is 29.1 Å². The standard InChI is InChI=1S/C34H32N8O7S.CH3.Y/c1-5-17(4)25-29(44)40-24(16(2)3)28(43)35-11-23-36-19(12-46-23)31-37-20(13-47-31)32-38-21(14-48-32)34-39-22(15-50-34)33-42-26(30(45)41-25)27(49-33)18-9-7-6-8-10-18;;/h6-10,12-17,24-25H,5,11H2,1-4H3,(H,35,43)(H,40,44)(H,41,45);1H3;/q;-1;/t17-,24+,25-;;/m0../s1. The molecule has 0 fully saturated rings. The normalized spacial score (nSPS) is 16.8. The average molecular weight is 801 g/mol. The van der Waals surface area contributed by atoms with Crippen molar-refractivity contribution in [2.45, 2.75) is 52.7 Å². The van der Waals surface area contributed by atoms with Crippen LogP contribution in [0.1, 0.15) is 50.5 Å². The fraction of sp³-hybridized carbons (Fsp3) is 0.286. The first kappa shape index (κ1) is 38.4. The minimum Gasteiger partial charge on any atom is -0.446 e. The number of thiazole rings is 1. The van der Waals surface area contributed by atoms with Crippen LogP contribution in [-0.2, 0) is 48.8 Å². The van der Waals surface area contributed by atoms with Crippen LogP contribution >= 0.6 is 11.3 Å². The van der Waals surface area contributed by atoms with E-state index in [0.717, 1.165) is 0 Å². The summed E-state index contributed by atoms with van der Waals surface area (Å²) in [4.78, 5) is 63.8. The average Bonchev–Trinajstić information content (AvgIpc) is 3.96. The van der Waals surface area contributed by atoms with Gasteiger partial charge in [0.05, 0.1) is 6.54 Å². The van der Waals surface area contributed by atoms with Gasteiger partial charge in [0.25, 0.3) is 5.91 Å². The summed E-state index contributed by atoms with van der Waals surface area (Å²) in [5, 5.41) is 10.7. The van der Waals surface area contributed by atoms with Gasteiger partial charge >= 0.3 is 0 Å². The van der Waals surface area contributed by atoms with Gasteiger partial charge in [-0.05, 0) is 11.8 Å². The van der Waals surface area contributed by atoms with Gasteiger partial charge in [-0.3, -0.25) is 14.4 Å². The van der Waals surface area contributed by atoms with Crippen LogP contribution in [0.3, 0.4) is 0 Å². The van der Waals surface area contributed by atoms with Crippen molar-refractivity contribution in [3.63, 3.8) is 0 Å². The van der Waals surface area contributed by atoms with Gasteiger partial charge < -0.3 is 41.0 Å². The van der Waals surface area contributed by atoms with Crippen molar-refractivity contribution in [2.24, 2.45) is 11.8 Å². The molecule has 5 aromatic heterocycles. The number of fused-ring (bicyclic) bond motifs is 14. The molecule has 0 aliphatic carbocycles. The molecule has 1 radical (unpaired) electrons. The first-order valence-electron chi connectivity index (χ1n) is 16.0. The Bertz CT molecular complexity index is 2170. The molecule has 6 heterocycles. The zero-order chi connectivity index (χ0) is 34.9. The third kappa shape index (κ3) is 7.83. The van der Waals surface area contributed by atoms with Gasteiger partial charge in [0, 0.05) is 43.7 Å². The maximum atomic E-state index is 14.0. The predicted octanol–water partition coefficient (Wildman–Crippen LogP) is 5.79. The van der Waals surface area contributed by atoms with Crippen molar-refractivity contribution < 1.29 is 64.8 Å². The summed E-state index contributed by atoms with van der Waals surface area (Å²) in [6.45, 7) is 7.31. The van der Waals surface area contributed by atoms with Crippen molar-refractivity contribution in [1.29, 1.82) is 0 Å². The molecule has 3 atom stereocenters. The van der Waals surface area contributed by atoms with Crippen LogP contribution in [0.5, 0.6) is 0 Å². The summed E-state index contributed by atoms with van der Waals surface area (Å²) < 4.78 is 23.0. The van der Waals surface area contributed by atoms with Gasteiger partial charge in [0.15, 0.2) is 22.8 Å². The molecule has 267 valence electrons. The molecule has 1 aliphatic rings. The number of nitrogens with zero attached hydrogens (tertiary/aromatic N) is 5. The Labute approximate surface area is 327 Å². The zero-order valence-electron chi connectivity index (χ0n) is 29.0. The molecule has 1 aliphatic heterocycles. The molecule has 0 saturated carbocycles. The fourth-order valence-electron chi connectivity index (χ4n) is 5.29. The number of nitrogens with one attached hydrogen (secondary N) is 3. The Hall–Kier alpha value is -4.80. The monoisotopic (exact) mass is 800 g/mol. The number of carbonyl (C=O) groups excluding carboxylic acids is 3. The Kier molecular flexibility index (Phi) is 12.0. The first-order valence-corrected chi connectivity index (χ1v) is 16.8. The summed E-state index contributed by atoms with van der Waals surface area (Å²) in [6, 6.07) is 7.13. The molecule has 15 nitrogen and oxygen atoms in total. The number of amides is 3. The van der Waals surface area contributed by atoms with Crippen LogP contribution in [-0.4, -0.2) is 54.7 Å². The van der Waals surface area contributed by atoms with Gasteiger partial charge in [-0.2, -0.15) is 0 Å². The molecule has 3 amide bonds. The van der Waals surface area contributed by atoms with E-state index in [9.17, 15) is 14.4 Å².